The van der Waals surface area contributed by atoms with Crippen LogP contribution in [0.15, 0.2) is 24.3 Å². The molecule has 0 atom stereocenters. The normalized spacial score (nSPS) is 10.1. The van der Waals surface area contributed by atoms with Gasteiger partial charge in [0.2, 0.25) is 11.8 Å². The Morgan fingerprint density at radius 2 is 1.79 bits per heavy atom. The molecule has 5 heteroatoms. The van der Waals surface area contributed by atoms with Crippen molar-refractivity contribution < 1.29 is 14.7 Å². The van der Waals surface area contributed by atoms with Crippen molar-refractivity contribution in [1.82, 2.24) is 9.80 Å². The number of aromatic hydroxyl groups is 1. The summed E-state index contributed by atoms with van der Waals surface area (Å²) in [5.74, 6) is -0.183. The zero-order chi connectivity index (χ0) is 14.4. The van der Waals surface area contributed by atoms with Gasteiger partial charge in [0.1, 0.15) is 5.75 Å². The summed E-state index contributed by atoms with van der Waals surface area (Å²) in [4.78, 5) is 26.7. The predicted octanol–water partition coefficient (Wildman–Crippen LogP) is 0.871. The number of rotatable bonds is 5. The first-order valence-corrected chi connectivity index (χ1v) is 6.20. The summed E-state index contributed by atoms with van der Waals surface area (Å²) in [6, 6.07) is 6.72. The molecule has 0 saturated carbocycles. The summed E-state index contributed by atoms with van der Waals surface area (Å²) in [6.07, 6.45) is 0.0984. The molecule has 0 aliphatic heterocycles. The Hall–Kier alpha value is -2.04. The fourth-order valence-electron chi connectivity index (χ4n) is 1.62. The molecule has 0 spiro atoms. The maximum Gasteiger partial charge on any atom is 0.241 e. The molecule has 0 radical (unpaired) electrons. The van der Waals surface area contributed by atoms with Gasteiger partial charge in [0, 0.05) is 26.2 Å². The van der Waals surface area contributed by atoms with Crippen molar-refractivity contribution in [3.05, 3.63) is 29.8 Å². The molecule has 0 fully saturated rings. The van der Waals surface area contributed by atoms with E-state index in [-0.39, 0.29) is 30.5 Å². The summed E-state index contributed by atoms with van der Waals surface area (Å²) in [5.41, 5.74) is 0.572. The number of carbonyl (C=O) groups excluding carboxylic acids is 2. The van der Waals surface area contributed by atoms with Crippen molar-refractivity contribution in [2.75, 3.05) is 27.2 Å². The Morgan fingerprint density at radius 3 is 2.32 bits per heavy atom. The van der Waals surface area contributed by atoms with Crippen molar-refractivity contribution >= 4 is 11.8 Å². The van der Waals surface area contributed by atoms with E-state index in [1.165, 1.54) is 9.80 Å². The largest absolute Gasteiger partial charge is 0.508 e. The molecule has 19 heavy (non-hydrogen) atoms. The quantitative estimate of drug-likeness (QED) is 0.858. The first-order chi connectivity index (χ1) is 8.95. The lowest BCUT2D eigenvalue weighted by atomic mass is 10.1. The molecule has 1 N–H and O–H groups in total. The summed E-state index contributed by atoms with van der Waals surface area (Å²) in [5, 5.41) is 9.64. The topological polar surface area (TPSA) is 60.9 Å². The molecule has 0 bridgehead atoms. The van der Waals surface area contributed by atoms with Crippen LogP contribution in [0.2, 0.25) is 0 Å². The van der Waals surface area contributed by atoms with Crippen LogP contribution in [-0.4, -0.2) is 53.9 Å². The van der Waals surface area contributed by atoms with Gasteiger partial charge in [-0.05, 0) is 13.0 Å². The number of carbonyl (C=O) groups is 2. The number of benzene rings is 1. The highest BCUT2D eigenvalue weighted by Crippen LogP contribution is 2.16. The molecule has 0 aliphatic carbocycles. The third-order valence-corrected chi connectivity index (χ3v) is 2.89. The first-order valence-electron chi connectivity index (χ1n) is 6.20. The number of para-hydroxylation sites is 1. The predicted molar refractivity (Wildman–Crippen MR) is 72.8 cm³/mol. The van der Waals surface area contributed by atoms with Crippen LogP contribution in [-0.2, 0) is 16.0 Å². The standard InChI is InChI=1S/C14H20N2O3/c1-4-16(10-14(19)15(2)3)13(18)9-11-7-5-6-8-12(11)17/h5-8,17H,4,9-10H2,1-3H3. The van der Waals surface area contributed by atoms with Gasteiger partial charge in [-0.3, -0.25) is 9.59 Å². The molecule has 5 nitrogen and oxygen atoms in total. The van der Waals surface area contributed by atoms with Crippen LogP contribution in [0.3, 0.4) is 0 Å². The highest BCUT2D eigenvalue weighted by atomic mass is 16.3. The summed E-state index contributed by atoms with van der Waals surface area (Å²) in [7, 11) is 3.31. The maximum atomic E-state index is 12.1. The monoisotopic (exact) mass is 264 g/mol. The Morgan fingerprint density at radius 1 is 1.16 bits per heavy atom. The Balaban J connectivity index is 2.70. The van der Waals surface area contributed by atoms with Crippen molar-refractivity contribution in [3.63, 3.8) is 0 Å². The van der Waals surface area contributed by atoms with Gasteiger partial charge in [-0.1, -0.05) is 18.2 Å². The molecule has 104 valence electrons. The molecule has 1 aromatic carbocycles. The number of likely N-dealkylation sites (N-methyl/N-ethyl adjacent to an activating group) is 2. The number of hydrogen-bond donors (Lipinski definition) is 1. The molecular formula is C14H20N2O3. The minimum atomic E-state index is -0.167. The van der Waals surface area contributed by atoms with Crippen molar-refractivity contribution in [2.24, 2.45) is 0 Å². The van der Waals surface area contributed by atoms with E-state index < -0.39 is 0 Å². The van der Waals surface area contributed by atoms with Crippen LogP contribution < -0.4 is 0 Å². The summed E-state index contributed by atoms with van der Waals surface area (Å²) >= 11 is 0. The summed E-state index contributed by atoms with van der Waals surface area (Å²) < 4.78 is 0. The van der Waals surface area contributed by atoms with Gasteiger partial charge in [-0.25, -0.2) is 0 Å². The van der Waals surface area contributed by atoms with Crippen LogP contribution >= 0.6 is 0 Å². The Kier molecular flexibility index (Phi) is 5.36. The molecule has 1 aromatic rings. The van der Waals surface area contributed by atoms with Crippen LogP contribution in [0.1, 0.15) is 12.5 Å². The fraction of sp³-hybridized carbons (Fsp3) is 0.429. The van der Waals surface area contributed by atoms with E-state index in [2.05, 4.69) is 0 Å². The van der Waals surface area contributed by atoms with Crippen molar-refractivity contribution in [2.45, 2.75) is 13.3 Å². The van der Waals surface area contributed by atoms with Gasteiger partial charge in [0.15, 0.2) is 0 Å². The minimum absolute atomic E-state index is 0.0654. The second kappa shape index (κ2) is 6.78. The molecule has 0 unspecified atom stereocenters. The lowest BCUT2D eigenvalue weighted by molar-refractivity contribution is -0.138. The fourth-order valence-corrected chi connectivity index (χ4v) is 1.62. The molecule has 0 saturated heterocycles. The number of phenols is 1. The van der Waals surface area contributed by atoms with Gasteiger partial charge < -0.3 is 14.9 Å². The molecule has 1 rings (SSSR count). The third kappa shape index (κ3) is 4.28. The minimum Gasteiger partial charge on any atom is -0.508 e. The van der Waals surface area contributed by atoms with Crippen molar-refractivity contribution in [3.8, 4) is 5.75 Å². The molecular weight excluding hydrogens is 244 g/mol. The zero-order valence-electron chi connectivity index (χ0n) is 11.6. The van der Waals surface area contributed by atoms with Gasteiger partial charge in [0.25, 0.3) is 0 Å². The SMILES string of the molecule is CCN(CC(=O)N(C)C)C(=O)Cc1ccccc1O. The maximum absolute atomic E-state index is 12.1. The van der Waals surface area contributed by atoms with E-state index in [1.54, 1.807) is 38.4 Å². The Labute approximate surface area is 113 Å². The molecule has 0 aromatic heterocycles. The van der Waals surface area contributed by atoms with Crippen molar-refractivity contribution in [1.29, 1.82) is 0 Å². The van der Waals surface area contributed by atoms with E-state index >= 15 is 0 Å². The zero-order valence-corrected chi connectivity index (χ0v) is 11.6. The van der Waals surface area contributed by atoms with Gasteiger partial charge in [-0.15, -0.1) is 0 Å². The highest BCUT2D eigenvalue weighted by molar-refractivity contribution is 5.85. The van der Waals surface area contributed by atoms with Crippen LogP contribution in [0.5, 0.6) is 5.75 Å². The Bertz CT molecular complexity index is 458. The second-order valence-corrected chi connectivity index (χ2v) is 4.50. The number of nitrogens with zero attached hydrogens (tertiary/aromatic N) is 2. The number of phenolic OH excluding ortho intramolecular Hbond substituents is 1. The average Bonchev–Trinajstić information content (AvgIpc) is 2.38. The van der Waals surface area contributed by atoms with Crippen LogP contribution in [0.25, 0.3) is 0 Å². The molecule has 0 aliphatic rings. The number of hydrogen-bond acceptors (Lipinski definition) is 3. The second-order valence-electron chi connectivity index (χ2n) is 4.50. The lowest BCUT2D eigenvalue weighted by Crippen LogP contribution is -2.40. The lowest BCUT2D eigenvalue weighted by Gasteiger charge is -2.22. The van der Waals surface area contributed by atoms with E-state index in [1.807, 2.05) is 6.92 Å². The average molecular weight is 264 g/mol. The van der Waals surface area contributed by atoms with Gasteiger partial charge >= 0.3 is 0 Å². The number of amides is 2. The van der Waals surface area contributed by atoms with Gasteiger partial charge in [-0.2, -0.15) is 0 Å². The first kappa shape index (κ1) is 15.0. The van der Waals surface area contributed by atoms with Crippen LogP contribution in [0, 0.1) is 0 Å². The highest BCUT2D eigenvalue weighted by Gasteiger charge is 2.17. The molecule has 0 heterocycles. The van der Waals surface area contributed by atoms with Gasteiger partial charge in [0.05, 0.1) is 13.0 Å². The molecule has 2 amide bonds. The van der Waals surface area contributed by atoms with E-state index in [0.717, 1.165) is 0 Å². The third-order valence-electron chi connectivity index (χ3n) is 2.89. The van der Waals surface area contributed by atoms with E-state index in [4.69, 9.17) is 0 Å². The summed E-state index contributed by atoms with van der Waals surface area (Å²) in [6.45, 7) is 2.35. The van der Waals surface area contributed by atoms with E-state index in [9.17, 15) is 14.7 Å². The van der Waals surface area contributed by atoms with E-state index in [0.29, 0.717) is 12.1 Å². The van der Waals surface area contributed by atoms with Crippen LogP contribution in [0.4, 0.5) is 0 Å². The smallest absolute Gasteiger partial charge is 0.241 e.